The Balaban J connectivity index is 5.24. The molecule has 0 aromatic rings. The number of rotatable bonds is 14. The van der Waals surface area contributed by atoms with Crippen molar-refractivity contribution >= 4 is 35.5 Å². The number of carbonyl (C=O) groups is 4. The largest absolute Gasteiger partial charge is 0.480 e. The molecule has 0 saturated heterocycles. The number of carbonyl (C=O) groups excluding carboxylic acids is 3. The summed E-state index contributed by atoms with van der Waals surface area (Å²) in [6.07, 6.45) is 2.67. The number of hydrogen-bond acceptors (Lipinski definition) is 7. The zero-order chi connectivity index (χ0) is 23.4. The Morgan fingerprint density at radius 3 is 1.93 bits per heavy atom. The quantitative estimate of drug-likeness (QED) is 0.202. The molecule has 0 rings (SSSR count). The smallest absolute Gasteiger partial charge is 0.326 e. The lowest BCUT2D eigenvalue weighted by atomic mass is 9.99. The average Bonchev–Trinajstić information content (AvgIpc) is 2.70. The summed E-state index contributed by atoms with van der Waals surface area (Å²) in [5.74, 6) is -3.05. The van der Waals surface area contributed by atoms with Gasteiger partial charge in [-0.15, -0.1) is 0 Å². The van der Waals surface area contributed by atoms with Crippen LogP contribution in [0.5, 0.6) is 0 Å². The van der Waals surface area contributed by atoms with Crippen molar-refractivity contribution in [2.24, 2.45) is 17.6 Å². The molecule has 7 N–H and O–H groups in total. The molecule has 0 bridgehead atoms. The normalized spacial score (nSPS) is 16.1. The van der Waals surface area contributed by atoms with E-state index in [1.165, 1.54) is 11.8 Å². The first-order valence-corrected chi connectivity index (χ1v) is 11.4. The van der Waals surface area contributed by atoms with Gasteiger partial charge in [-0.2, -0.15) is 11.8 Å². The fourth-order valence-corrected chi connectivity index (χ4v) is 2.95. The minimum Gasteiger partial charge on any atom is -0.480 e. The van der Waals surface area contributed by atoms with Gasteiger partial charge in [0.2, 0.25) is 17.7 Å². The molecule has 0 aliphatic rings. The second-order valence-electron chi connectivity index (χ2n) is 7.57. The topological polar surface area (TPSA) is 171 Å². The number of aliphatic carboxylic acids is 1. The monoisotopic (exact) mass is 448 g/mol. The Morgan fingerprint density at radius 2 is 1.50 bits per heavy atom. The maximum Gasteiger partial charge on any atom is 0.326 e. The lowest BCUT2D eigenvalue weighted by molar-refractivity contribution is -0.144. The van der Waals surface area contributed by atoms with Crippen molar-refractivity contribution in [2.75, 3.05) is 18.6 Å². The van der Waals surface area contributed by atoms with Crippen molar-refractivity contribution in [2.45, 2.75) is 64.7 Å². The average molecular weight is 449 g/mol. The van der Waals surface area contributed by atoms with Gasteiger partial charge in [-0.05, 0) is 30.3 Å². The van der Waals surface area contributed by atoms with E-state index in [-0.39, 0.29) is 11.8 Å². The van der Waals surface area contributed by atoms with E-state index in [9.17, 15) is 29.4 Å². The minimum atomic E-state index is -1.35. The van der Waals surface area contributed by atoms with Crippen molar-refractivity contribution in [3.8, 4) is 0 Å². The van der Waals surface area contributed by atoms with E-state index in [0.29, 0.717) is 18.6 Å². The molecule has 5 atom stereocenters. The van der Waals surface area contributed by atoms with Gasteiger partial charge in [-0.1, -0.05) is 34.1 Å². The number of aliphatic hydroxyl groups is 1. The first-order valence-electron chi connectivity index (χ1n) is 9.99. The summed E-state index contributed by atoms with van der Waals surface area (Å²) in [5.41, 5.74) is 5.83. The lowest BCUT2D eigenvalue weighted by Crippen LogP contribution is -2.59. The number of aliphatic hydroxyl groups excluding tert-OH is 1. The number of amides is 3. The SMILES string of the molecule is CCC(C)C(NC(=O)C(CO)NC(=O)C(CCSC)NC(=O)C(N)C(C)C)C(=O)O. The highest BCUT2D eigenvalue weighted by Gasteiger charge is 2.31. The van der Waals surface area contributed by atoms with Crippen LogP contribution in [0, 0.1) is 11.8 Å². The first-order chi connectivity index (χ1) is 14.0. The van der Waals surface area contributed by atoms with Gasteiger partial charge in [-0.3, -0.25) is 14.4 Å². The van der Waals surface area contributed by atoms with E-state index in [1.807, 2.05) is 6.26 Å². The molecule has 0 radical (unpaired) electrons. The number of hydrogen-bond donors (Lipinski definition) is 6. The number of carboxylic acid groups (broad SMARTS) is 1. The van der Waals surface area contributed by atoms with Crippen molar-refractivity contribution in [1.29, 1.82) is 0 Å². The molecule has 174 valence electrons. The van der Waals surface area contributed by atoms with Crippen LogP contribution in [0.25, 0.3) is 0 Å². The third kappa shape index (κ3) is 9.31. The Morgan fingerprint density at radius 1 is 0.967 bits per heavy atom. The Hall–Kier alpha value is -1.85. The molecule has 11 heteroatoms. The van der Waals surface area contributed by atoms with Gasteiger partial charge in [0, 0.05) is 0 Å². The predicted octanol–water partition coefficient (Wildman–Crippen LogP) is -0.700. The Labute approximate surface area is 182 Å². The van der Waals surface area contributed by atoms with Gasteiger partial charge in [0.1, 0.15) is 18.1 Å². The van der Waals surface area contributed by atoms with Crippen LogP contribution < -0.4 is 21.7 Å². The Kier molecular flexibility index (Phi) is 13.3. The van der Waals surface area contributed by atoms with E-state index in [0.717, 1.165) is 0 Å². The third-order valence-corrected chi connectivity index (χ3v) is 5.50. The summed E-state index contributed by atoms with van der Waals surface area (Å²) < 4.78 is 0. The third-order valence-electron chi connectivity index (χ3n) is 4.86. The summed E-state index contributed by atoms with van der Waals surface area (Å²) >= 11 is 1.48. The summed E-state index contributed by atoms with van der Waals surface area (Å²) in [6, 6.07) is -4.24. The number of nitrogens with one attached hydrogen (secondary N) is 3. The van der Waals surface area contributed by atoms with E-state index in [2.05, 4.69) is 16.0 Å². The van der Waals surface area contributed by atoms with Gasteiger partial charge < -0.3 is 31.9 Å². The van der Waals surface area contributed by atoms with Gasteiger partial charge in [0.05, 0.1) is 12.6 Å². The fourth-order valence-electron chi connectivity index (χ4n) is 2.48. The summed E-state index contributed by atoms with van der Waals surface area (Å²) in [6.45, 7) is 6.31. The fraction of sp³-hybridized carbons (Fsp3) is 0.789. The van der Waals surface area contributed by atoms with Crippen molar-refractivity contribution in [3.63, 3.8) is 0 Å². The molecule has 30 heavy (non-hydrogen) atoms. The Bertz CT molecular complexity index is 589. The molecule has 0 fully saturated rings. The maximum atomic E-state index is 12.7. The van der Waals surface area contributed by atoms with Crippen LogP contribution >= 0.6 is 11.8 Å². The molecule has 10 nitrogen and oxygen atoms in total. The summed E-state index contributed by atoms with van der Waals surface area (Å²) in [7, 11) is 0. The zero-order valence-electron chi connectivity index (χ0n) is 18.3. The van der Waals surface area contributed by atoms with Crippen LogP contribution in [0.2, 0.25) is 0 Å². The van der Waals surface area contributed by atoms with Crippen molar-refractivity contribution < 1.29 is 29.4 Å². The van der Waals surface area contributed by atoms with Crippen LogP contribution in [0.1, 0.15) is 40.5 Å². The first kappa shape index (κ1) is 28.1. The van der Waals surface area contributed by atoms with Crippen LogP contribution in [0.15, 0.2) is 0 Å². The molecule has 0 heterocycles. The standard InChI is InChI=1S/C19H36N4O6S/c1-6-11(4)15(19(28)29)23-17(26)13(9-24)22-16(25)12(7-8-30-5)21-18(27)14(20)10(2)3/h10-15,24H,6-9,20H2,1-5H3,(H,21,27)(H,22,25)(H,23,26)(H,28,29). The predicted molar refractivity (Wildman–Crippen MR) is 116 cm³/mol. The van der Waals surface area contributed by atoms with Crippen LogP contribution in [0.4, 0.5) is 0 Å². The number of thioether (sulfide) groups is 1. The number of nitrogens with two attached hydrogens (primary N) is 1. The molecular formula is C19H36N4O6S. The summed E-state index contributed by atoms with van der Waals surface area (Å²) in [5, 5.41) is 26.2. The summed E-state index contributed by atoms with van der Waals surface area (Å²) in [4.78, 5) is 48.8. The molecular weight excluding hydrogens is 412 g/mol. The molecule has 0 saturated carbocycles. The zero-order valence-corrected chi connectivity index (χ0v) is 19.1. The lowest BCUT2D eigenvalue weighted by Gasteiger charge is -2.26. The second-order valence-corrected chi connectivity index (χ2v) is 8.55. The van der Waals surface area contributed by atoms with Crippen LogP contribution in [-0.4, -0.2) is 76.7 Å². The molecule has 0 aliphatic heterocycles. The molecule has 0 aromatic carbocycles. The molecule has 0 aromatic heterocycles. The highest BCUT2D eigenvalue weighted by molar-refractivity contribution is 7.98. The van der Waals surface area contributed by atoms with Crippen molar-refractivity contribution in [3.05, 3.63) is 0 Å². The van der Waals surface area contributed by atoms with E-state index < -0.39 is 54.5 Å². The highest BCUT2D eigenvalue weighted by Crippen LogP contribution is 2.09. The molecule has 5 unspecified atom stereocenters. The maximum absolute atomic E-state index is 12.7. The van der Waals surface area contributed by atoms with Gasteiger partial charge in [-0.25, -0.2) is 4.79 Å². The van der Waals surface area contributed by atoms with Gasteiger partial charge in [0.15, 0.2) is 0 Å². The highest BCUT2D eigenvalue weighted by atomic mass is 32.2. The second kappa shape index (κ2) is 14.2. The van der Waals surface area contributed by atoms with Gasteiger partial charge in [0.25, 0.3) is 0 Å². The minimum absolute atomic E-state index is 0.126. The van der Waals surface area contributed by atoms with E-state index >= 15 is 0 Å². The number of carboxylic acids is 1. The van der Waals surface area contributed by atoms with E-state index in [1.54, 1.807) is 27.7 Å². The van der Waals surface area contributed by atoms with Gasteiger partial charge >= 0.3 is 5.97 Å². The molecule has 0 aliphatic carbocycles. The van der Waals surface area contributed by atoms with Crippen LogP contribution in [0.3, 0.4) is 0 Å². The molecule has 3 amide bonds. The van der Waals surface area contributed by atoms with Crippen molar-refractivity contribution in [1.82, 2.24) is 16.0 Å². The van der Waals surface area contributed by atoms with Crippen LogP contribution in [-0.2, 0) is 19.2 Å². The molecule has 0 spiro atoms. The van der Waals surface area contributed by atoms with E-state index in [4.69, 9.17) is 5.73 Å².